The highest BCUT2D eigenvalue weighted by molar-refractivity contribution is 6.36. The molecule has 0 unspecified atom stereocenters. The molecule has 0 heterocycles. The van der Waals surface area contributed by atoms with Crippen molar-refractivity contribution in [2.24, 2.45) is 0 Å². The van der Waals surface area contributed by atoms with Crippen molar-refractivity contribution < 1.29 is 9.18 Å². The number of urea groups is 1. The molecule has 2 aromatic rings. The van der Waals surface area contributed by atoms with E-state index >= 15 is 0 Å². The maximum absolute atomic E-state index is 13.0. The fourth-order valence-corrected chi connectivity index (χ4v) is 2.04. The fraction of sp³-hybridized carbons (Fsp3) is 0.0714. The number of nitrogens with one attached hydrogen (secondary N) is 2. The Morgan fingerprint density at radius 2 is 1.95 bits per heavy atom. The zero-order valence-corrected chi connectivity index (χ0v) is 11.8. The lowest BCUT2D eigenvalue weighted by Gasteiger charge is -2.09. The van der Waals surface area contributed by atoms with Crippen LogP contribution >= 0.6 is 23.2 Å². The molecule has 0 aliphatic carbocycles. The van der Waals surface area contributed by atoms with E-state index in [9.17, 15) is 9.18 Å². The van der Waals surface area contributed by atoms with E-state index in [4.69, 9.17) is 23.2 Å². The fourth-order valence-electron chi connectivity index (χ4n) is 1.59. The molecule has 2 N–H and O–H groups in total. The van der Waals surface area contributed by atoms with Crippen LogP contribution in [0.25, 0.3) is 0 Å². The molecule has 20 heavy (non-hydrogen) atoms. The molecule has 0 radical (unpaired) electrons. The first-order valence-electron chi connectivity index (χ1n) is 5.79. The molecule has 0 aliphatic rings. The van der Waals surface area contributed by atoms with Crippen molar-refractivity contribution in [3.05, 3.63) is 63.9 Å². The SMILES string of the molecule is O=C(NCc1cccc(F)c1)Nc1ccc(Cl)cc1Cl. The average Bonchev–Trinajstić information content (AvgIpc) is 2.40. The highest BCUT2D eigenvalue weighted by atomic mass is 35.5. The van der Waals surface area contributed by atoms with E-state index in [0.717, 1.165) is 0 Å². The summed E-state index contributed by atoms with van der Waals surface area (Å²) in [6, 6.07) is 10.3. The average molecular weight is 313 g/mol. The second-order valence-corrected chi connectivity index (χ2v) is 4.91. The lowest BCUT2D eigenvalue weighted by atomic mass is 10.2. The van der Waals surface area contributed by atoms with E-state index in [1.165, 1.54) is 18.2 Å². The van der Waals surface area contributed by atoms with Crippen molar-refractivity contribution in [1.82, 2.24) is 5.32 Å². The largest absolute Gasteiger partial charge is 0.334 e. The van der Waals surface area contributed by atoms with Crippen molar-refractivity contribution >= 4 is 34.9 Å². The quantitative estimate of drug-likeness (QED) is 0.863. The van der Waals surface area contributed by atoms with Gasteiger partial charge in [-0.25, -0.2) is 9.18 Å². The molecule has 2 aromatic carbocycles. The Bertz CT molecular complexity index is 634. The maximum Gasteiger partial charge on any atom is 0.319 e. The molecule has 0 saturated heterocycles. The molecule has 0 fully saturated rings. The predicted octanol–water partition coefficient (Wildman–Crippen LogP) is 4.45. The number of benzene rings is 2. The van der Waals surface area contributed by atoms with Crippen molar-refractivity contribution in [3.63, 3.8) is 0 Å². The van der Waals surface area contributed by atoms with E-state index in [0.29, 0.717) is 21.3 Å². The van der Waals surface area contributed by atoms with Crippen molar-refractivity contribution in [1.29, 1.82) is 0 Å². The number of hydrogen-bond donors (Lipinski definition) is 2. The number of carbonyl (C=O) groups is 1. The first-order chi connectivity index (χ1) is 9.54. The van der Waals surface area contributed by atoms with Gasteiger partial charge >= 0.3 is 6.03 Å². The van der Waals surface area contributed by atoms with E-state index in [1.54, 1.807) is 24.3 Å². The Balaban J connectivity index is 1.92. The van der Waals surface area contributed by atoms with Gasteiger partial charge in [0.2, 0.25) is 0 Å². The minimum absolute atomic E-state index is 0.217. The van der Waals surface area contributed by atoms with E-state index in [1.807, 2.05) is 0 Å². The Morgan fingerprint density at radius 1 is 1.15 bits per heavy atom. The summed E-state index contributed by atoms with van der Waals surface area (Å²) in [5.74, 6) is -0.342. The lowest BCUT2D eigenvalue weighted by molar-refractivity contribution is 0.251. The minimum atomic E-state index is -0.432. The highest BCUT2D eigenvalue weighted by Crippen LogP contribution is 2.25. The predicted molar refractivity (Wildman–Crippen MR) is 78.7 cm³/mol. The first-order valence-corrected chi connectivity index (χ1v) is 6.54. The van der Waals surface area contributed by atoms with Gasteiger partial charge in [-0.2, -0.15) is 0 Å². The molecule has 2 rings (SSSR count). The summed E-state index contributed by atoms with van der Waals surface area (Å²) in [5.41, 5.74) is 1.12. The van der Waals surface area contributed by atoms with Gasteiger partial charge in [0, 0.05) is 11.6 Å². The molecule has 0 aromatic heterocycles. The van der Waals surface area contributed by atoms with Gasteiger partial charge in [0.25, 0.3) is 0 Å². The van der Waals surface area contributed by atoms with Crippen LogP contribution < -0.4 is 10.6 Å². The molecule has 2 amide bonds. The highest BCUT2D eigenvalue weighted by Gasteiger charge is 2.06. The number of rotatable bonds is 3. The third-order valence-electron chi connectivity index (χ3n) is 2.52. The number of amides is 2. The standard InChI is InChI=1S/C14H11Cl2FN2O/c15-10-4-5-13(12(16)7-10)19-14(20)18-8-9-2-1-3-11(17)6-9/h1-7H,8H2,(H2,18,19,20). The number of hydrogen-bond acceptors (Lipinski definition) is 1. The van der Waals surface area contributed by atoms with Gasteiger partial charge in [-0.3, -0.25) is 0 Å². The zero-order chi connectivity index (χ0) is 14.5. The van der Waals surface area contributed by atoms with Gasteiger partial charge in [0.1, 0.15) is 5.82 Å². The van der Waals surface area contributed by atoms with E-state index < -0.39 is 6.03 Å². The smallest absolute Gasteiger partial charge is 0.319 e. The minimum Gasteiger partial charge on any atom is -0.334 e. The van der Waals surface area contributed by atoms with Crippen LogP contribution in [0.1, 0.15) is 5.56 Å². The lowest BCUT2D eigenvalue weighted by Crippen LogP contribution is -2.28. The molecule has 0 atom stereocenters. The van der Waals surface area contributed by atoms with Crippen LogP contribution in [0.2, 0.25) is 10.0 Å². The summed E-state index contributed by atoms with van der Waals surface area (Å²) >= 11 is 11.7. The molecule has 104 valence electrons. The summed E-state index contributed by atoms with van der Waals surface area (Å²) in [6.45, 7) is 0.217. The molecular weight excluding hydrogens is 302 g/mol. The second kappa shape index (κ2) is 6.59. The normalized spacial score (nSPS) is 10.2. The molecule has 6 heteroatoms. The summed E-state index contributed by atoms with van der Waals surface area (Å²) in [4.78, 5) is 11.7. The summed E-state index contributed by atoms with van der Waals surface area (Å²) in [5, 5.41) is 6.03. The third-order valence-corrected chi connectivity index (χ3v) is 3.07. The van der Waals surface area contributed by atoms with Gasteiger partial charge in [-0.15, -0.1) is 0 Å². The summed E-state index contributed by atoms with van der Waals surface area (Å²) in [7, 11) is 0. The summed E-state index contributed by atoms with van der Waals surface area (Å²) in [6.07, 6.45) is 0. The second-order valence-electron chi connectivity index (χ2n) is 4.06. The Hall–Kier alpha value is -1.78. The Morgan fingerprint density at radius 3 is 2.65 bits per heavy atom. The topological polar surface area (TPSA) is 41.1 Å². The van der Waals surface area contributed by atoms with Crippen LogP contribution in [0.15, 0.2) is 42.5 Å². The molecule has 0 spiro atoms. The molecular formula is C14H11Cl2FN2O. The van der Waals surface area contributed by atoms with Crippen LogP contribution in [0, 0.1) is 5.82 Å². The summed E-state index contributed by atoms with van der Waals surface area (Å²) < 4.78 is 13.0. The molecule has 0 bridgehead atoms. The monoisotopic (exact) mass is 312 g/mol. The van der Waals surface area contributed by atoms with Crippen LogP contribution in [0.5, 0.6) is 0 Å². The van der Waals surface area contributed by atoms with Crippen LogP contribution in [-0.4, -0.2) is 6.03 Å². The molecule has 0 saturated carbocycles. The van der Waals surface area contributed by atoms with Gasteiger partial charge in [0.05, 0.1) is 10.7 Å². The number of carbonyl (C=O) groups excluding carboxylic acids is 1. The van der Waals surface area contributed by atoms with Crippen LogP contribution in [0.4, 0.5) is 14.9 Å². The van der Waals surface area contributed by atoms with E-state index in [-0.39, 0.29) is 12.4 Å². The third kappa shape index (κ3) is 4.11. The van der Waals surface area contributed by atoms with Gasteiger partial charge in [-0.05, 0) is 35.9 Å². The van der Waals surface area contributed by atoms with Crippen molar-refractivity contribution in [2.45, 2.75) is 6.54 Å². The molecule has 3 nitrogen and oxygen atoms in total. The van der Waals surface area contributed by atoms with E-state index in [2.05, 4.69) is 10.6 Å². The Labute approximate surface area is 125 Å². The van der Waals surface area contributed by atoms with Crippen molar-refractivity contribution in [3.8, 4) is 0 Å². The zero-order valence-electron chi connectivity index (χ0n) is 10.3. The number of halogens is 3. The Kier molecular flexibility index (Phi) is 4.82. The van der Waals surface area contributed by atoms with Crippen molar-refractivity contribution in [2.75, 3.05) is 5.32 Å². The maximum atomic E-state index is 13.0. The van der Waals surface area contributed by atoms with Gasteiger partial charge < -0.3 is 10.6 Å². The number of anilines is 1. The first kappa shape index (κ1) is 14.6. The van der Waals surface area contributed by atoms with Gasteiger partial charge in [0.15, 0.2) is 0 Å². The van der Waals surface area contributed by atoms with Crippen LogP contribution in [0.3, 0.4) is 0 Å². The van der Waals surface area contributed by atoms with Gasteiger partial charge in [-0.1, -0.05) is 35.3 Å². The van der Waals surface area contributed by atoms with Crippen LogP contribution in [-0.2, 0) is 6.54 Å². The molecule has 0 aliphatic heterocycles.